The molecule has 2 atom stereocenters. The Bertz CT molecular complexity index is 157. The van der Waals surface area contributed by atoms with E-state index in [1.54, 1.807) is 0 Å². The normalized spacial score (nSPS) is 29.4. The summed E-state index contributed by atoms with van der Waals surface area (Å²) >= 11 is 2.09. The zero-order chi connectivity index (χ0) is 10.4. The Kier molecular flexibility index (Phi) is 5.28. The van der Waals surface area contributed by atoms with E-state index in [9.17, 15) is 0 Å². The Morgan fingerprint density at radius 1 is 1.57 bits per heavy atom. The monoisotopic (exact) mass is 217 g/mol. The third kappa shape index (κ3) is 3.14. The van der Waals surface area contributed by atoms with Gasteiger partial charge in [-0.25, -0.2) is 0 Å². The maximum atomic E-state index is 5.64. The van der Waals surface area contributed by atoms with Gasteiger partial charge in [-0.3, -0.25) is 0 Å². The smallest absolute Gasteiger partial charge is 0.0633 e. The maximum absolute atomic E-state index is 5.64. The minimum Gasteiger partial charge on any atom is -0.380 e. The second-order valence-electron chi connectivity index (χ2n) is 4.18. The van der Waals surface area contributed by atoms with Gasteiger partial charge in [-0.2, -0.15) is 11.8 Å². The number of nitrogens with one attached hydrogen (secondary N) is 1. The highest BCUT2D eigenvalue weighted by Crippen LogP contribution is 2.40. The second-order valence-corrected chi connectivity index (χ2v) is 5.81. The van der Waals surface area contributed by atoms with Gasteiger partial charge >= 0.3 is 0 Å². The fraction of sp³-hybridized carbons (Fsp3) is 1.00. The van der Waals surface area contributed by atoms with Crippen LogP contribution in [0, 0.1) is 0 Å². The molecular weight excluding hydrogens is 194 g/mol. The van der Waals surface area contributed by atoms with Crippen molar-refractivity contribution in [2.24, 2.45) is 0 Å². The Morgan fingerprint density at radius 2 is 2.36 bits per heavy atom. The molecule has 1 aliphatic rings. The lowest BCUT2D eigenvalue weighted by Gasteiger charge is -2.32. The fourth-order valence-corrected chi connectivity index (χ4v) is 3.42. The fourth-order valence-electron chi connectivity index (χ4n) is 1.99. The molecular formula is C11H23NOS. The van der Waals surface area contributed by atoms with Gasteiger partial charge in [0, 0.05) is 17.4 Å². The molecule has 0 bridgehead atoms. The van der Waals surface area contributed by atoms with E-state index in [2.05, 4.69) is 30.9 Å². The van der Waals surface area contributed by atoms with E-state index in [1.807, 2.05) is 7.05 Å². The van der Waals surface area contributed by atoms with Crippen LogP contribution in [0.4, 0.5) is 0 Å². The second kappa shape index (κ2) is 5.99. The highest BCUT2D eigenvalue weighted by molar-refractivity contribution is 8.00. The lowest BCUT2D eigenvalue weighted by atomic mass is 9.97. The first-order valence-electron chi connectivity index (χ1n) is 5.62. The number of thioether (sulfide) groups is 1. The molecule has 1 N–H and O–H groups in total. The molecule has 0 spiro atoms. The Morgan fingerprint density at radius 3 is 2.86 bits per heavy atom. The van der Waals surface area contributed by atoms with Crippen LogP contribution in [0.25, 0.3) is 0 Å². The van der Waals surface area contributed by atoms with Crippen molar-refractivity contribution < 1.29 is 4.74 Å². The van der Waals surface area contributed by atoms with Crippen molar-refractivity contribution in [1.29, 1.82) is 0 Å². The van der Waals surface area contributed by atoms with E-state index in [0.717, 1.165) is 19.6 Å². The predicted octanol–water partition coefficient (Wildman–Crippen LogP) is 2.29. The number of likely N-dealkylation sites (N-methyl/N-ethyl adjacent to an activating group) is 1. The number of hydrogen-bond donors (Lipinski definition) is 1. The summed E-state index contributed by atoms with van der Waals surface area (Å²) in [5.41, 5.74) is 0. The highest BCUT2D eigenvalue weighted by Gasteiger charge is 2.36. The molecule has 1 fully saturated rings. The minimum absolute atomic E-state index is 0.391. The van der Waals surface area contributed by atoms with Crippen LogP contribution in [-0.2, 0) is 4.74 Å². The van der Waals surface area contributed by atoms with Gasteiger partial charge in [-0.15, -0.1) is 0 Å². The van der Waals surface area contributed by atoms with Crippen LogP contribution in [0.15, 0.2) is 0 Å². The lowest BCUT2D eigenvalue weighted by Crippen LogP contribution is -2.46. The third-order valence-electron chi connectivity index (χ3n) is 2.97. The highest BCUT2D eigenvalue weighted by atomic mass is 32.2. The summed E-state index contributed by atoms with van der Waals surface area (Å²) in [5, 5.41) is 3.40. The SMILES string of the molecule is CCCOCC(NC)C1(C)CCCS1. The molecule has 1 saturated heterocycles. The summed E-state index contributed by atoms with van der Waals surface area (Å²) in [7, 11) is 2.05. The standard InChI is InChI=1S/C11H23NOS/c1-4-7-13-9-10(12-3)11(2)6-5-8-14-11/h10,12H,4-9H2,1-3H3. The summed E-state index contributed by atoms with van der Waals surface area (Å²) in [6.45, 7) is 6.26. The average molecular weight is 217 g/mol. The maximum Gasteiger partial charge on any atom is 0.0633 e. The molecule has 0 radical (unpaired) electrons. The van der Waals surface area contributed by atoms with Gasteiger partial charge in [-0.05, 0) is 39.0 Å². The van der Waals surface area contributed by atoms with Crippen LogP contribution in [0.1, 0.15) is 33.1 Å². The summed E-state index contributed by atoms with van der Waals surface area (Å²) in [6.07, 6.45) is 3.78. The molecule has 0 aromatic rings. The van der Waals surface area contributed by atoms with Crippen LogP contribution in [0.2, 0.25) is 0 Å². The molecule has 14 heavy (non-hydrogen) atoms. The summed E-state index contributed by atoms with van der Waals surface area (Å²) in [4.78, 5) is 0. The first-order chi connectivity index (χ1) is 6.73. The van der Waals surface area contributed by atoms with Gasteiger partial charge in [0.1, 0.15) is 0 Å². The van der Waals surface area contributed by atoms with E-state index < -0.39 is 0 Å². The third-order valence-corrected chi connectivity index (χ3v) is 4.61. The number of hydrogen-bond acceptors (Lipinski definition) is 3. The van der Waals surface area contributed by atoms with Crippen LogP contribution < -0.4 is 5.32 Å². The van der Waals surface area contributed by atoms with E-state index >= 15 is 0 Å². The molecule has 0 aliphatic carbocycles. The Hall–Kier alpha value is 0.270. The molecule has 1 aliphatic heterocycles. The van der Waals surface area contributed by atoms with E-state index in [4.69, 9.17) is 4.74 Å². The molecule has 1 heterocycles. The molecule has 3 heteroatoms. The van der Waals surface area contributed by atoms with E-state index in [0.29, 0.717) is 10.8 Å². The summed E-state index contributed by atoms with van der Waals surface area (Å²) in [5.74, 6) is 1.31. The van der Waals surface area contributed by atoms with Gasteiger partial charge in [0.25, 0.3) is 0 Å². The van der Waals surface area contributed by atoms with E-state index in [1.165, 1.54) is 18.6 Å². The zero-order valence-electron chi connectivity index (χ0n) is 9.64. The lowest BCUT2D eigenvalue weighted by molar-refractivity contribution is 0.103. The minimum atomic E-state index is 0.391. The number of rotatable bonds is 6. The number of ether oxygens (including phenoxy) is 1. The van der Waals surface area contributed by atoms with E-state index in [-0.39, 0.29) is 0 Å². The summed E-state index contributed by atoms with van der Waals surface area (Å²) < 4.78 is 6.03. The van der Waals surface area contributed by atoms with Crippen molar-refractivity contribution >= 4 is 11.8 Å². The average Bonchev–Trinajstić information content (AvgIpc) is 2.61. The topological polar surface area (TPSA) is 21.3 Å². The Balaban J connectivity index is 2.35. The van der Waals surface area contributed by atoms with Crippen LogP contribution in [0.5, 0.6) is 0 Å². The van der Waals surface area contributed by atoms with Crippen molar-refractivity contribution in [3.63, 3.8) is 0 Å². The van der Waals surface area contributed by atoms with Crippen molar-refractivity contribution in [2.75, 3.05) is 26.0 Å². The quantitative estimate of drug-likeness (QED) is 0.690. The van der Waals surface area contributed by atoms with Crippen molar-refractivity contribution in [3.05, 3.63) is 0 Å². The van der Waals surface area contributed by atoms with Gasteiger partial charge in [0.15, 0.2) is 0 Å². The molecule has 0 aromatic carbocycles. The first kappa shape index (κ1) is 12.3. The largest absolute Gasteiger partial charge is 0.380 e. The molecule has 0 saturated carbocycles. The van der Waals surface area contributed by atoms with Crippen molar-refractivity contribution in [1.82, 2.24) is 5.32 Å². The molecule has 0 amide bonds. The molecule has 2 unspecified atom stereocenters. The zero-order valence-corrected chi connectivity index (χ0v) is 10.5. The first-order valence-corrected chi connectivity index (χ1v) is 6.60. The molecule has 1 rings (SSSR count). The van der Waals surface area contributed by atoms with Crippen LogP contribution in [-0.4, -0.2) is 36.8 Å². The molecule has 2 nitrogen and oxygen atoms in total. The molecule has 84 valence electrons. The van der Waals surface area contributed by atoms with Crippen molar-refractivity contribution in [3.8, 4) is 0 Å². The van der Waals surface area contributed by atoms with Crippen LogP contribution >= 0.6 is 11.8 Å². The molecule has 0 aromatic heterocycles. The Labute approximate surface area is 92.2 Å². The van der Waals surface area contributed by atoms with Gasteiger partial charge in [0.05, 0.1) is 6.61 Å². The van der Waals surface area contributed by atoms with Gasteiger partial charge in [0.2, 0.25) is 0 Å². The van der Waals surface area contributed by atoms with Crippen molar-refractivity contribution in [2.45, 2.75) is 43.9 Å². The summed E-state index contributed by atoms with van der Waals surface area (Å²) in [6, 6.07) is 0.501. The predicted molar refractivity (Wildman–Crippen MR) is 64.1 cm³/mol. The van der Waals surface area contributed by atoms with Gasteiger partial charge in [-0.1, -0.05) is 6.92 Å². The van der Waals surface area contributed by atoms with Crippen LogP contribution in [0.3, 0.4) is 0 Å². The van der Waals surface area contributed by atoms with Gasteiger partial charge < -0.3 is 10.1 Å².